The maximum atomic E-state index is 13.1. The van der Waals surface area contributed by atoms with Crippen LogP contribution in [0.4, 0.5) is 0 Å². The van der Waals surface area contributed by atoms with Gasteiger partial charge in [0.1, 0.15) is 23.0 Å². The molecule has 0 amide bonds. The molecule has 0 heterocycles. The third-order valence-corrected chi connectivity index (χ3v) is 4.36. The average Bonchev–Trinajstić information content (AvgIpc) is 2.74. The number of rotatable bonds is 13. The maximum absolute atomic E-state index is 13.1. The minimum absolute atomic E-state index is 0.300. The maximum Gasteiger partial charge on any atom is 0.316 e. The molecule has 1 aromatic rings. The number of ketones is 1. The molecule has 0 aliphatic rings. The van der Waals surface area contributed by atoms with Crippen LogP contribution in [-0.2, 0) is 14.1 Å². The van der Waals surface area contributed by atoms with E-state index in [1.165, 1.54) is 14.2 Å². The lowest BCUT2D eigenvalue weighted by atomic mass is 9.91. The van der Waals surface area contributed by atoms with Crippen LogP contribution < -0.4 is 9.47 Å². The Kier molecular flexibility index (Phi) is 15.1. The van der Waals surface area contributed by atoms with Crippen molar-refractivity contribution in [3.8, 4) is 11.5 Å². The summed E-state index contributed by atoms with van der Waals surface area (Å²) in [5, 5.41) is 0. The number of esters is 1. The zero-order valence-electron chi connectivity index (χ0n) is 17.6. The first kappa shape index (κ1) is 26.2. The summed E-state index contributed by atoms with van der Waals surface area (Å²) in [6, 6.07) is 5.15. The third-order valence-electron chi connectivity index (χ3n) is 4.36. The fraction of sp³-hybridized carbons (Fsp3) is 0.619. The second-order valence-corrected chi connectivity index (χ2v) is 6.32. The summed E-state index contributed by atoms with van der Waals surface area (Å²) < 4.78 is 24.3. The van der Waals surface area contributed by atoms with E-state index in [1.807, 2.05) is 6.92 Å². The van der Waals surface area contributed by atoms with E-state index in [4.69, 9.17) is 18.8 Å². The number of hydrogen-bond donors (Lipinski definition) is 0. The first-order valence-electron chi connectivity index (χ1n) is 9.81. The fourth-order valence-corrected chi connectivity index (χ4v) is 2.83. The van der Waals surface area contributed by atoms with Gasteiger partial charge in [0, 0.05) is 0 Å². The van der Waals surface area contributed by atoms with Gasteiger partial charge in [-0.1, -0.05) is 52.0 Å². The highest BCUT2D eigenvalue weighted by Gasteiger charge is 2.32. The van der Waals surface area contributed by atoms with E-state index in [0.717, 1.165) is 38.5 Å². The Balaban J connectivity index is 0.00000352. The smallest absolute Gasteiger partial charge is 0.316 e. The lowest BCUT2D eigenvalue weighted by Gasteiger charge is -2.18. The van der Waals surface area contributed by atoms with Gasteiger partial charge in [-0.05, 0) is 25.0 Å². The number of carbonyl (C=O) groups excluding carboxylic acids is 2. The molecule has 0 aliphatic carbocycles. The van der Waals surface area contributed by atoms with Gasteiger partial charge >= 0.3 is 5.97 Å². The van der Waals surface area contributed by atoms with Gasteiger partial charge in [0.15, 0.2) is 5.78 Å². The van der Waals surface area contributed by atoms with Crippen molar-refractivity contribution in [1.82, 2.24) is 0 Å². The van der Waals surface area contributed by atoms with Crippen LogP contribution in [0.5, 0.6) is 11.5 Å². The Morgan fingerprint density at radius 1 is 0.929 bits per heavy atom. The van der Waals surface area contributed by atoms with Crippen LogP contribution in [0.3, 0.4) is 0 Å². The van der Waals surface area contributed by atoms with E-state index in [9.17, 15) is 9.59 Å². The van der Waals surface area contributed by atoms with E-state index in [1.54, 1.807) is 18.2 Å². The largest absolute Gasteiger partial charge is 0.496 e. The van der Waals surface area contributed by atoms with E-state index >= 15 is 0 Å². The quantitative estimate of drug-likeness (QED) is 0.152. The molecule has 0 spiro atoms. The Morgan fingerprint density at radius 3 is 2.00 bits per heavy atom. The summed E-state index contributed by atoms with van der Waals surface area (Å²) in [5.74, 6) is -0.760. The van der Waals surface area contributed by atoms with E-state index < -0.39 is 11.9 Å². The lowest BCUT2D eigenvalue weighted by Crippen LogP contribution is -2.27. The number of carbonyl (C=O) groups is 2. The van der Waals surface area contributed by atoms with Crippen molar-refractivity contribution in [2.45, 2.75) is 58.8 Å². The van der Waals surface area contributed by atoms with Crippen LogP contribution in [-0.4, -0.2) is 32.6 Å². The number of benzene rings is 1. The molecule has 28 heavy (non-hydrogen) atoms. The fourth-order valence-electron chi connectivity index (χ4n) is 2.83. The monoisotopic (exact) mass is 414 g/mol. The van der Waals surface area contributed by atoms with E-state index in [0.29, 0.717) is 39.2 Å². The summed E-state index contributed by atoms with van der Waals surface area (Å²) in [5.41, 5.74) is 0.307. The van der Waals surface area contributed by atoms with Gasteiger partial charge in [-0.15, -0.1) is 0 Å². The van der Waals surface area contributed by atoms with E-state index in [-0.39, 0.29) is 5.78 Å². The summed E-state index contributed by atoms with van der Waals surface area (Å²) in [7, 11) is 3.61. The number of methoxy groups -OCH3 is 2. The Labute approximate surface area is 170 Å². The molecule has 0 saturated heterocycles. The average molecular weight is 414 g/mol. The first-order chi connectivity index (χ1) is 13.6. The molecule has 0 bridgehead atoms. The molecule has 0 N–H and O–H groups in total. The lowest BCUT2D eigenvalue weighted by molar-refractivity contribution is -0.147. The zero-order chi connectivity index (χ0) is 21.4. The minimum atomic E-state index is -0.827. The predicted molar refractivity (Wildman–Crippen MR) is 114 cm³/mol. The van der Waals surface area contributed by atoms with Crippen LogP contribution >= 0.6 is 9.12 Å². The highest BCUT2D eigenvalue weighted by Crippen LogP contribution is 2.32. The van der Waals surface area contributed by atoms with Crippen LogP contribution in [0.2, 0.25) is 0 Å². The topological polar surface area (TPSA) is 78.9 Å². The van der Waals surface area contributed by atoms with Gasteiger partial charge in [-0.25, -0.2) is 0 Å². The second kappa shape index (κ2) is 16.2. The van der Waals surface area contributed by atoms with Crippen molar-refractivity contribution in [2.24, 2.45) is 5.92 Å². The van der Waals surface area contributed by atoms with Crippen LogP contribution in [0.15, 0.2) is 18.2 Å². The molecule has 160 valence electrons. The summed E-state index contributed by atoms with van der Waals surface area (Å²) >= 11 is 0. The van der Waals surface area contributed by atoms with Crippen molar-refractivity contribution in [2.75, 3.05) is 20.8 Å². The highest BCUT2D eigenvalue weighted by atomic mass is 31.0. The Hall–Kier alpha value is -1.81. The molecule has 0 radical (unpaired) electrons. The SMILES string of the molecule is CCCCCCOC(=O)C(CCCC)C(=O)c1c(OC)cccc1OC.O=[PH3]. The summed E-state index contributed by atoms with van der Waals surface area (Å²) in [6.45, 7) is 4.52. The molecule has 2 atom stereocenters. The molecule has 1 rings (SSSR count). The highest BCUT2D eigenvalue weighted by molar-refractivity contribution is 7.00. The normalized spacial score (nSPS) is 11.1. The van der Waals surface area contributed by atoms with Gasteiger partial charge in [0.05, 0.1) is 29.9 Å². The van der Waals surface area contributed by atoms with Gasteiger partial charge in [0.2, 0.25) is 0 Å². The molecule has 0 fully saturated rings. The molecule has 0 saturated carbocycles. The standard InChI is InChI=1S/C21H32O5.H3OP/c1-5-7-9-10-15-26-21(23)16(12-8-6-2)20(22)19-17(24-3)13-11-14-18(19)25-4;1-2/h11,13-14,16H,5-10,12,15H2,1-4H3;2H3. The molecule has 6 nitrogen and oxygen atoms in total. The molecular formula is C21H35O6P. The molecule has 0 aromatic heterocycles. The predicted octanol–water partition coefficient (Wildman–Crippen LogP) is 4.76. The van der Waals surface area contributed by atoms with Crippen molar-refractivity contribution in [3.05, 3.63) is 23.8 Å². The number of hydrogen-bond acceptors (Lipinski definition) is 6. The second-order valence-electron chi connectivity index (χ2n) is 6.32. The van der Waals surface area contributed by atoms with E-state index in [2.05, 4.69) is 6.92 Å². The van der Waals surface area contributed by atoms with Crippen molar-refractivity contribution >= 4 is 20.9 Å². The third kappa shape index (κ3) is 8.47. The number of ether oxygens (including phenoxy) is 3. The van der Waals surface area contributed by atoms with Gasteiger partial charge in [-0.2, -0.15) is 0 Å². The Bertz CT molecular complexity index is 568. The van der Waals surface area contributed by atoms with Gasteiger partial charge in [0.25, 0.3) is 0 Å². The van der Waals surface area contributed by atoms with Crippen molar-refractivity contribution in [3.63, 3.8) is 0 Å². The Morgan fingerprint density at radius 2 is 1.50 bits per heavy atom. The molecule has 2 unspecified atom stereocenters. The van der Waals surface area contributed by atoms with Crippen molar-refractivity contribution < 1.29 is 28.4 Å². The first-order valence-corrected chi connectivity index (χ1v) is 10.4. The number of unbranched alkanes of at least 4 members (excludes halogenated alkanes) is 4. The van der Waals surface area contributed by atoms with Gasteiger partial charge < -0.3 is 18.8 Å². The zero-order valence-corrected chi connectivity index (χ0v) is 19.0. The van der Waals surface area contributed by atoms with Crippen LogP contribution in [0.1, 0.15) is 69.2 Å². The summed E-state index contributed by atoms with van der Waals surface area (Å²) in [4.78, 5) is 25.7. The molecule has 7 heteroatoms. The molecule has 0 aliphatic heterocycles. The number of Topliss-reactive ketones (excluding diaryl/α,β-unsaturated/α-hetero) is 1. The summed E-state index contributed by atoms with van der Waals surface area (Å²) in [6.07, 6.45) is 6.23. The van der Waals surface area contributed by atoms with Gasteiger partial charge in [-0.3, -0.25) is 9.59 Å². The molecular weight excluding hydrogens is 379 g/mol. The van der Waals surface area contributed by atoms with Crippen molar-refractivity contribution in [1.29, 1.82) is 0 Å². The van der Waals surface area contributed by atoms with Crippen LogP contribution in [0, 0.1) is 5.92 Å². The molecule has 1 aromatic carbocycles. The minimum Gasteiger partial charge on any atom is -0.496 e. The van der Waals surface area contributed by atoms with Crippen LogP contribution in [0.25, 0.3) is 0 Å².